The van der Waals surface area contributed by atoms with Crippen LogP contribution in [0, 0.1) is 5.82 Å². The summed E-state index contributed by atoms with van der Waals surface area (Å²) in [6.45, 7) is 4.89. The number of methoxy groups -OCH3 is 1. The van der Waals surface area contributed by atoms with E-state index in [0.29, 0.717) is 18.6 Å². The fourth-order valence-electron chi connectivity index (χ4n) is 4.85. The molecule has 0 aliphatic carbocycles. The number of aromatic nitrogens is 3. The highest BCUT2D eigenvalue weighted by molar-refractivity contribution is 5.77. The summed E-state index contributed by atoms with van der Waals surface area (Å²) >= 11 is 0. The van der Waals surface area contributed by atoms with Crippen molar-refractivity contribution in [2.24, 2.45) is 0 Å². The van der Waals surface area contributed by atoms with Crippen molar-refractivity contribution in [2.45, 2.75) is 38.4 Å². The first kappa shape index (κ1) is 22.3. The van der Waals surface area contributed by atoms with Gasteiger partial charge in [0, 0.05) is 37.9 Å². The van der Waals surface area contributed by atoms with Crippen molar-refractivity contribution in [3.63, 3.8) is 0 Å². The SMILES string of the molecule is COc1ccc(C(C)N2CCC(n3c(NCc4ccc(F)cc4)nc4cnccc43)CC2)cc1. The summed E-state index contributed by atoms with van der Waals surface area (Å²) in [6, 6.07) is 17.7. The number of imidazole rings is 1. The lowest BCUT2D eigenvalue weighted by atomic mass is 9.99. The zero-order valence-electron chi connectivity index (χ0n) is 19.6. The minimum atomic E-state index is -0.224. The first-order valence-electron chi connectivity index (χ1n) is 11.8. The van der Waals surface area contributed by atoms with Gasteiger partial charge in [-0.1, -0.05) is 24.3 Å². The van der Waals surface area contributed by atoms with Gasteiger partial charge in [0.2, 0.25) is 5.95 Å². The molecule has 7 heteroatoms. The van der Waals surface area contributed by atoms with Crippen molar-refractivity contribution >= 4 is 17.0 Å². The Kier molecular flexibility index (Phi) is 6.45. The maximum absolute atomic E-state index is 13.3. The van der Waals surface area contributed by atoms with Crippen molar-refractivity contribution in [1.29, 1.82) is 0 Å². The van der Waals surface area contributed by atoms with Crippen molar-refractivity contribution in [2.75, 3.05) is 25.5 Å². The maximum atomic E-state index is 13.3. The Bertz CT molecular complexity index is 1230. The minimum absolute atomic E-state index is 0.224. The van der Waals surface area contributed by atoms with Crippen molar-refractivity contribution in [3.8, 4) is 5.75 Å². The van der Waals surface area contributed by atoms with Crippen LogP contribution in [0.2, 0.25) is 0 Å². The quantitative estimate of drug-likeness (QED) is 0.390. The van der Waals surface area contributed by atoms with Crippen LogP contribution >= 0.6 is 0 Å². The van der Waals surface area contributed by atoms with E-state index in [-0.39, 0.29) is 5.82 Å². The number of anilines is 1. The predicted molar refractivity (Wildman–Crippen MR) is 133 cm³/mol. The lowest BCUT2D eigenvalue weighted by Crippen LogP contribution is -2.36. The Hall–Kier alpha value is -3.45. The number of likely N-dealkylation sites (tertiary alicyclic amines) is 1. The molecule has 0 saturated carbocycles. The van der Waals surface area contributed by atoms with Gasteiger partial charge in [-0.3, -0.25) is 9.88 Å². The number of fused-ring (bicyclic) bond motifs is 1. The first-order valence-corrected chi connectivity index (χ1v) is 11.8. The van der Waals surface area contributed by atoms with Crippen LogP contribution in [0.4, 0.5) is 10.3 Å². The molecule has 1 aliphatic rings. The molecular formula is C27H30FN5O. The van der Waals surface area contributed by atoms with Gasteiger partial charge in [-0.05, 0) is 61.2 Å². The Balaban J connectivity index is 1.31. The van der Waals surface area contributed by atoms with E-state index in [2.05, 4.69) is 38.8 Å². The molecule has 5 rings (SSSR count). The van der Waals surface area contributed by atoms with E-state index in [0.717, 1.165) is 54.2 Å². The normalized spacial score (nSPS) is 16.0. The average Bonchev–Trinajstić information content (AvgIpc) is 3.26. The van der Waals surface area contributed by atoms with Gasteiger partial charge < -0.3 is 14.6 Å². The highest BCUT2D eigenvalue weighted by Crippen LogP contribution is 2.34. The fourth-order valence-corrected chi connectivity index (χ4v) is 4.85. The third-order valence-corrected chi connectivity index (χ3v) is 6.87. The average molecular weight is 460 g/mol. The van der Waals surface area contributed by atoms with Crippen LogP contribution in [0.15, 0.2) is 67.0 Å². The van der Waals surface area contributed by atoms with Gasteiger partial charge in [-0.25, -0.2) is 9.37 Å². The molecule has 2 aromatic heterocycles. The molecule has 1 aliphatic heterocycles. The highest BCUT2D eigenvalue weighted by Gasteiger charge is 2.27. The molecule has 0 bridgehead atoms. The number of piperidine rings is 1. The molecule has 0 radical (unpaired) electrons. The van der Waals surface area contributed by atoms with Crippen molar-refractivity contribution in [3.05, 3.63) is 83.9 Å². The lowest BCUT2D eigenvalue weighted by molar-refractivity contribution is 0.145. The van der Waals surface area contributed by atoms with E-state index < -0.39 is 0 Å². The van der Waals surface area contributed by atoms with Crippen LogP contribution < -0.4 is 10.1 Å². The lowest BCUT2D eigenvalue weighted by Gasteiger charge is -2.37. The Morgan fingerprint density at radius 2 is 1.79 bits per heavy atom. The second-order valence-corrected chi connectivity index (χ2v) is 8.87. The molecule has 1 fully saturated rings. The van der Waals surface area contributed by atoms with Gasteiger partial charge in [-0.15, -0.1) is 0 Å². The summed E-state index contributed by atoms with van der Waals surface area (Å²) in [6.07, 6.45) is 5.72. The van der Waals surface area contributed by atoms with Crippen LogP contribution in [-0.4, -0.2) is 39.6 Å². The van der Waals surface area contributed by atoms with Crippen LogP contribution in [0.5, 0.6) is 5.75 Å². The molecule has 1 atom stereocenters. The zero-order chi connectivity index (χ0) is 23.5. The molecule has 1 unspecified atom stereocenters. The Labute approximate surface area is 199 Å². The van der Waals surface area contributed by atoms with Gasteiger partial charge in [0.15, 0.2) is 0 Å². The molecule has 0 spiro atoms. The molecule has 2 aromatic carbocycles. The van der Waals surface area contributed by atoms with Gasteiger partial charge in [0.1, 0.15) is 17.1 Å². The number of pyridine rings is 1. The van der Waals surface area contributed by atoms with Crippen molar-refractivity contribution in [1.82, 2.24) is 19.4 Å². The van der Waals surface area contributed by atoms with Crippen LogP contribution in [-0.2, 0) is 6.54 Å². The van der Waals surface area contributed by atoms with Crippen molar-refractivity contribution < 1.29 is 9.13 Å². The predicted octanol–water partition coefficient (Wildman–Crippen LogP) is 5.59. The molecule has 176 valence electrons. The first-order chi connectivity index (χ1) is 16.6. The third-order valence-electron chi connectivity index (χ3n) is 6.87. The Morgan fingerprint density at radius 3 is 2.50 bits per heavy atom. The fraction of sp³-hybridized carbons (Fsp3) is 0.333. The number of halogens is 1. The summed E-state index contributed by atoms with van der Waals surface area (Å²) in [4.78, 5) is 11.6. The number of nitrogens with one attached hydrogen (secondary N) is 1. The smallest absolute Gasteiger partial charge is 0.204 e. The van der Waals surface area contributed by atoms with Crippen LogP contribution in [0.3, 0.4) is 0 Å². The molecule has 4 aromatic rings. The minimum Gasteiger partial charge on any atom is -0.497 e. The summed E-state index contributed by atoms with van der Waals surface area (Å²) in [5.41, 5.74) is 4.30. The van der Waals surface area contributed by atoms with E-state index in [1.54, 1.807) is 19.2 Å². The molecule has 1 saturated heterocycles. The largest absolute Gasteiger partial charge is 0.497 e. The second-order valence-electron chi connectivity index (χ2n) is 8.87. The summed E-state index contributed by atoms with van der Waals surface area (Å²) in [5.74, 6) is 1.50. The zero-order valence-corrected chi connectivity index (χ0v) is 19.6. The van der Waals surface area contributed by atoms with Crippen LogP contribution in [0.25, 0.3) is 11.0 Å². The molecule has 3 heterocycles. The van der Waals surface area contributed by atoms with Gasteiger partial charge in [0.05, 0.1) is 18.8 Å². The number of hydrogen-bond donors (Lipinski definition) is 1. The summed E-state index contributed by atoms with van der Waals surface area (Å²) < 4.78 is 20.9. The standard InChI is InChI=1S/C27H30FN5O/c1-19(21-5-9-24(34-2)10-6-21)32-15-12-23(13-16-32)33-26-11-14-29-18-25(26)31-27(33)30-17-20-3-7-22(28)8-4-20/h3-11,14,18-19,23H,12-13,15-17H2,1-2H3,(H,30,31). The summed E-state index contributed by atoms with van der Waals surface area (Å²) in [5, 5.41) is 3.48. The number of benzene rings is 2. The van der Waals surface area contributed by atoms with E-state index >= 15 is 0 Å². The maximum Gasteiger partial charge on any atom is 0.204 e. The van der Waals surface area contributed by atoms with E-state index in [9.17, 15) is 4.39 Å². The van der Waals surface area contributed by atoms with E-state index in [1.807, 2.05) is 30.6 Å². The van der Waals surface area contributed by atoms with Crippen LogP contribution in [0.1, 0.15) is 43.0 Å². The molecule has 0 amide bonds. The number of ether oxygens (including phenoxy) is 1. The second kappa shape index (κ2) is 9.81. The van der Waals surface area contributed by atoms with Gasteiger partial charge >= 0.3 is 0 Å². The monoisotopic (exact) mass is 459 g/mol. The summed E-state index contributed by atoms with van der Waals surface area (Å²) in [7, 11) is 1.70. The third kappa shape index (κ3) is 4.61. The highest BCUT2D eigenvalue weighted by atomic mass is 19.1. The number of hydrogen-bond acceptors (Lipinski definition) is 5. The molecular weight excluding hydrogens is 429 g/mol. The molecule has 6 nitrogen and oxygen atoms in total. The van der Waals surface area contributed by atoms with E-state index in [1.165, 1.54) is 17.7 Å². The molecule has 1 N–H and O–H groups in total. The van der Waals surface area contributed by atoms with E-state index in [4.69, 9.17) is 9.72 Å². The topological polar surface area (TPSA) is 55.2 Å². The molecule has 34 heavy (non-hydrogen) atoms. The number of rotatable bonds is 7. The van der Waals surface area contributed by atoms with Gasteiger partial charge in [-0.2, -0.15) is 0 Å². The number of nitrogens with zero attached hydrogens (tertiary/aromatic N) is 4. The van der Waals surface area contributed by atoms with Gasteiger partial charge in [0.25, 0.3) is 0 Å². The Morgan fingerprint density at radius 1 is 1.06 bits per heavy atom.